The van der Waals surface area contributed by atoms with Gasteiger partial charge in [0.2, 0.25) is 0 Å². The third-order valence-corrected chi connectivity index (χ3v) is 3.97. The molecule has 0 aromatic rings. The molecule has 1 saturated heterocycles. The number of carboxylic acid groups (broad SMARTS) is 1. The van der Waals surface area contributed by atoms with Gasteiger partial charge in [-0.1, -0.05) is 26.2 Å². The quantitative estimate of drug-likeness (QED) is 0.673. The fraction of sp³-hybridized carbons (Fsp3) is 0.867. The molecule has 0 aromatic heterocycles. The fourth-order valence-corrected chi connectivity index (χ4v) is 2.61. The molecule has 0 spiro atoms. The molecule has 1 rings (SSSR count). The normalized spacial score (nSPS) is 16.1. The first kappa shape index (κ1) is 16.8. The standard InChI is InChI=1S/C15H28N2O3/c1-2-3-4-5-10-16-15(20)17-11-8-13(9-12-17)6-7-14(18)19/h13H,2-12H2,1H3,(H,16,20)(H,18,19). The number of aliphatic carboxylic acids is 1. The van der Waals surface area contributed by atoms with E-state index in [-0.39, 0.29) is 12.5 Å². The number of hydrogen-bond donors (Lipinski definition) is 2. The van der Waals surface area contributed by atoms with Crippen LogP contribution in [-0.2, 0) is 4.79 Å². The number of nitrogens with one attached hydrogen (secondary N) is 1. The van der Waals surface area contributed by atoms with Crippen molar-refractivity contribution in [1.29, 1.82) is 0 Å². The lowest BCUT2D eigenvalue weighted by molar-refractivity contribution is -0.137. The Hall–Kier alpha value is -1.26. The molecule has 0 atom stereocenters. The Morgan fingerprint density at radius 2 is 1.90 bits per heavy atom. The molecular weight excluding hydrogens is 256 g/mol. The number of rotatable bonds is 8. The average molecular weight is 284 g/mol. The van der Waals surface area contributed by atoms with E-state index < -0.39 is 5.97 Å². The number of amides is 2. The Kier molecular flexibility index (Phi) is 8.07. The van der Waals surface area contributed by atoms with Gasteiger partial charge in [-0.15, -0.1) is 0 Å². The highest BCUT2D eigenvalue weighted by Gasteiger charge is 2.22. The van der Waals surface area contributed by atoms with Crippen LogP contribution in [-0.4, -0.2) is 41.6 Å². The number of carbonyl (C=O) groups is 2. The minimum atomic E-state index is -0.725. The van der Waals surface area contributed by atoms with Crippen LogP contribution in [0.15, 0.2) is 0 Å². The van der Waals surface area contributed by atoms with Gasteiger partial charge in [0.15, 0.2) is 0 Å². The van der Waals surface area contributed by atoms with E-state index in [4.69, 9.17) is 5.11 Å². The number of hydrogen-bond acceptors (Lipinski definition) is 2. The second-order valence-corrected chi connectivity index (χ2v) is 5.66. The second kappa shape index (κ2) is 9.61. The molecule has 0 radical (unpaired) electrons. The summed E-state index contributed by atoms with van der Waals surface area (Å²) >= 11 is 0. The second-order valence-electron chi connectivity index (χ2n) is 5.66. The van der Waals surface area contributed by atoms with Gasteiger partial charge in [0.25, 0.3) is 0 Å². The van der Waals surface area contributed by atoms with Crippen molar-refractivity contribution in [2.45, 2.75) is 58.3 Å². The van der Waals surface area contributed by atoms with Crippen LogP contribution in [0.25, 0.3) is 0 Å². The van der Waals surface area contributed by atoms with Gasteiger partial charge in [0, 0.05) is 26.1 Å². The van der Waals surface area contributed by atoms with Gasteiger partial charge in [-0.25, -0.2) is 4.79 Å². The van der Waals surface area contributed by atoms with Crippen LogP contribution in [0.2, 0.25) is 0 Å². The Bertz CT molecular complexity index is 299. The number of urea groups is 1. The lowest BCUT2D eigenvalue weighted by Crippen LogP contribution is -2.44. The molecule has 1 aliphatic heterocycles. The smallest absolute Gasteiger partial charge is 0.317 e. The van der Waals surface area contributed by atoms with Gasteiger partial charge in [-0.2, -0.15) is 0 Å². The lowest BCUT2D eigenvalue weighted by atomic mass is 9.92. The van der Waals surface area contributed by atoms with Crippen LogP contribution in [0.3, 0.4) is 0 Å². The maximum absolute atomic E-state index is 11.9. The third kappa shape index (κ3) is 6.78. The number of carbonyl (C=O) groups excluding carboxylic acids is 1. The highest BCUT2D eigenvalue weighted by atomic mass is 16.4. The molecule has 116 valence electrons. The van der Waals surface area contributed by atoms with E-state index in [0.29, 0.717) is 5.92 Å². The fourth-order valence-electron chi connectivity index (χ4n) is 2.61. The van der Waals surface area contributed by atoms with Crippen molar-refractivity contribution in [3.8, 4) is 0 Å². The van der Waals surface area contributed by atoms with Crippen molar-refractivity contribution >= 4 is 12.0 Å². The third-order valence-electron chi connectivity index (χ3n) is 3.97. The van der Waals surface area contributed by atoms with Crippen molar-refractivity contribution in [2.75, 3.05) is 19.6 Å². The monoisotopic (exact) mass is 284 g/mol. The Labute approximate surface area is 121 Å². The molecule has 1 fully saturated rings. The SMILES string of the molecule is CCCCCCNC(=O)N1CCC(CCC(=O)O)CC1. The first-order valence-corrected chi connectivity index (χ1v) is 7.88. The van der Waals surface area contributed by atoms with Crippen LogP contribution in [0, 0.1) is 5.92 Å². The number of nitrogens with zero attached hydrogens (tertiary/aromatic N) is 1. The van der Waals surface area contributed by atoms with E-state index in [1.165, 1.54) is 19.3 Å². The molecule has 2 amide bonds. The zero-order valence-corrected chi connectivity index (χ0v) is 12.6. The van der Waals surface area contributed by atoms with E-state index in [1.807, 2.05) is 4.90 Å². The minimum absolute atomic E-state index is 0.0400. The Morgan fingerprint density at radius 3 is 2.50 bits per heavy atom. The first-order chi connectivity index (χ1) is 9.63. The molecule has 0 aromatic carbocycles. The Balaban J connectivity index is 2.11. The lowest BCUT2D eigenvalue weighted by Gasteiger charge is -2.31. The van der Waals surface area contributed by atoms with E-state index >= 15 is 0 Å². The predicted molar refractivity (Wildman–Crippen MR) is 78.7 cm³/mol. The molecule has 5 heteroatoms. The highest BCUT2D eigenvalue weighted by Crippen LogP contribution is 2.21. The van der Waals surface area contributed by atoms with Crippen LogP contribution in [0.4, 0.5) is 4.79 Å². The average Bonchev–Trinajstić information content (AvgIpc) is 2.45. The highest BCUT2D eigenvalue weighted by molar-refractivity contribution is 5.74. The molecular formula is C15H28N2O3. The minimum Gasteiger partial charge on any atom is -0.481 e. The first-order valence-electron chi connectivity index (χ1n) is 7.88. The van der Waals surface area contributed by atoms with Gasteiger partial charge >= 0.3 is 12.0 Å². The van der Waals surface area contributed by atoms with Crippen molar-refractivity contribution in [1.82, 2.24) is 10.2 Å². The van der Waals surface area contributed by atoms with Crippen molar-refractivity contribution in [3.05, 3.63) is 0 Å². The summed E-state index contributed by atoms with van der Waals surface area (Å²) in [5, 5.41) is 11.6. The van der Waals surface area contributed by atoms with E-state index in [2.05, 4.69) is 12.2 Å². The summed E-state index contributed by atoms with van der Waals surface area (Å²) in [5.74, 6) is -0.267. The van der Waals surface area contributed by atoms with Gasteiger partial charge in [0.1, 0.15) is 0 Å². The van der Waals surface area contributed by atoms with Crippen molar-refractivity contribution in [3.63, 3.8) is 0 Å². The van der Waals surface area contributed by atoms with E-state index in [0.717, 1.165) is 45.3 Å². The van der Waals surface area contributed by atoms with Gasteiger partial charge in [-0.05, 0) is 31.6 Å². The van der Waals surface area contributed by atoms with Crippen molar-refractivity contribution < 1.29 is 14.7 Å². The molecule has 0 aliphatic carbocycles. The van der Waals surface area contributed by atoms with E-state index in [1.54, 1.807) is 0 Å². The maximum Gasteiger partial charge on any atom is 0.317 e. The van der Waals surface area contributed by atoms with Crippen LogP contribution < -0.4 is 5.32 Å². The molecule has 0 saturated carbocycles. The van der Waals surface area contributed by atoms with Gasteiger partial charge in [0.05, 0.1) is 0 Å². The predicted octanol–water partition coefficient (Wildman–Crippen LogP) is 2.85. The largest absolute Gasteiger partial charge is 0.481 e. The number of carboxylic acids is 1. The molecule has 5 nitrogen and oxygen atoms in total. The molecule has 0 unspecified atom stereocenters. The van der Waals surface area contributed by atoms with Crippen LogP contribution in [0.5, 0.6) is 0 Å². The number of unbranched alkanes of at least 4 members (excludes halogenated alkanes) is 3. The topological polar surface area (TPSA) is 69.6 Å². The molecule has 20 heavy (non-hydrogen) atoms. The summed E-state index contributed by atoms with van der Waals surface area (Å²) in [6, 6.07) is 0.0400. The maximum atomic E-state index is 11.9. The van der Waals surface area contributed by atoms with E-state index in [9.17, 15) is 9.59 Å². The molecule has 2 N–H and O–H groups in total. The van der Waals surface area contributed by atoms with Gasteiger partial charge in [-0.3, -0.25) is 4.79 Å². The molecule has 0 bridgehead atoms. The van der Waals surface area contributed by atoms with Crippen molar-refractivity contribution in [2.24, 2.45) is 5.92 Å². The number of likely N-dealkylation sites (tertiary alicyclic amines) is 1. The summed E-state index contributed by atoms with van der Waals surface area (Å²) in [4.78, 5) is 24.3. The zero-order chi connectivity index (χ0) is 14.8. The molecule has 1 heterocycles. The summed E-state index contributed by atoms with van der Waals surface area (Å²) in [6.45, 7) is 4.45. The van der Waals surface area contributed by atoms with Crippen LogP contribution >= 0.6 is 0 Å². The summed E-state index contributed by atoms with van der Waals surface area (Å²) in [6.07, 6.45) is 7.49. The van der Waals surface area contributed by atoms with Gasteiger partial charge < -0.3 is 15.3 Å². The summed E-state index contributed by atoms with van der Waals surface area (Å²) in [7, 11) is 0. The summed E-state index contributed by atoms with van der Waals surface area (Å²) < 4.78 is 0. The number of piperidine rings is 1. The molecule has 1 aliphatic rings. The zero-order valence-electron chi connectivity index (χ0n) is 12.6. The summed E-state index contributed by atoms with van der Waals surface area (Å²) in [5.41, 5.74) is 0. The Morgan fingerprint density at radius 1 is 1.20 bits per heavy atom. The van der Waals surface area contributed by atoms with Crippen LogP contribution in [0.1, 0.15) is 58.3 Å².